The van der Waals surface area contributed by atoms with E-state index < -0.39 is 6.04 Å². The van der Waals surface area contributed by atoms with Crippen molar-refractivity contribution in [1.82, 2.24) is 4.90 Å². The third kappa shape index (κ3) is 5.19. The molecule has 1 atom stereocenters. The van der Waals surface area contributed by atoms with Crippen molar-refractivity contribution in [3.8, 4) is 0 Å². The molecule has 6 heteroatoms. The lowest BCUT2D eigenvalue weighted by molar-refractivity contribution is -0.134. The van der Waals surface area contributed by atoms with Gasteiger partial charge in [0.1, 0.15) is 6.04 Å². The summed E-state index contributed by atoms with van der Waals surface area (Å²) in [7, 11) is 0. The Kier molecular flexibility index (Phi) is 6.42. The summed E-state index contributed by atoms with van der Waals surface area (Å²) in [6, 6.07) is 16.4. The summed E-state index contributed by atoms with van der Waals surface area (Å²) in [5.74, 6) is -0.298. The van der Waals surface area contributed by atoms with Crippen LogP contribution in [-0.2, 0) is 20.8 Å². The van der Waals surface area contributed by atoms with E-state index in [2.05, 4.69) is 10.6 Å². The fourth-order valence-electron chi connectivity index (χ4n) is 3.27. The van der Waals surface area contributed by atoms with Crippen LogP contribution in [0.15, 0.2) is 54.6 Å². The molecule has 1 heterocycles. The average Bonchev–Trinajstić information content (AvgIpc) is 3.12. The standard InChI is InChI=1S/C22H25N3O3/c1-16(25-14-6-11-21(25)27)22(28)24-19-10-5-9-18(15-19)23-20(26)13-12-17-7-3-2-4-8-17/h2-5,7-10,15-16H,6,11-14H2,1H3,(H,23,26)(H,24,28). The zero-order valence-electron chi connectivity index (χ0n) is 16.0. The minimum Gasteiger partial charge on any atom is -0.331 e. The van der Waals surface area contributed by atoms with Gasteiger partial charge < -0.3 is 15.5 Å². The first-order valence-corrected chi connectivity index (χ1v) is 9.57. The molecule has 1 fully saturated rings. The van der Waals surface area contributed by atoms with Crippen LogP contribution in [0.2, 0.25) is 0 Å². The zero-order chi connectivity index (χ0) is 19.9. The smallest absolute Gasteiger partial charge is 0.246 e. The number of hydrogen-bond donors (Lipinski definition) is 2. The van der Waals surface area contributed by atoms with Gasteiger partial charge in [0, 0.05) is 30.8 Å². The molecule has 0 radical (unpaired) electrons. The van der Waals surface area contributed by atoms with Crippen molar-refractivity contribution in [2.75, 3.05) is 17.2 Å². The Labute approximate surface area is 164 Å². The van der Waals surface area contributed by atoms with Crippen LogP contribution in [0.25, 0.3) is 0 Å². The molecule has 28 heavy (non-hydrogen) atoms. The molecule has 1 aliphatic heterocycles. The largest absolute Gasteiger partial charge is 0.331 e. The van der Waals surface area contributed by atoms with Crippen LogP contribution >= 0.6 is 0 Å². The highest BCUT2D eigenvalue weighted by Crippen LogP contribution is 2.18. The van der Waals surface area contributed by atoms with Gasteiger partial charge in [-0.3, -0.25) is 14.4 Å². The minimum absolute atomic E-state index is 0.0158. The highest BCUT2D eigenvalue weighted by Gasteiger charge is 2.29. The van der Waals surface area contributed by atoms with E-state index >= 15 is 0 Å². The van der Waals surface area contributed by atoms with Crippen LogP contribution in [0.5, 0.6) is 0 Å². The molecule has 146 valence electrons. The number of aryl methyl sites for hydroxylation is 1. The number of amides is 3. The summed E-state index contributed by atoms with van der Waals surface area (Å²) in [5.41, 5.74) is 2.33. The van der Waals surface area contributed by atoms with Gasteiger partial charge in [0.15, 0.2) is 0 Å². The number of nitrogens with zero attached hydrogens (tertiary/aromatic N) is 1. The quantitative estimate of drug-likeness (QED) is 0.775. The second kappa shape index (κ2) is 9.17. The lowest BCUT2D eigenvalue weighted by atomic mass is 10.1. The van der Waals surface area contributed by atoms with Crippen molar-refractivity contribution in [2.24, 2.45) is 0 Å². The van der Waals surface area contributed by atoms with Crippen molar-refractivity contribution >= 4 is 29.1 Å². The number of nitrogens with one attached hydrogen (secondary N) is 2. The van der Waals surface area contributed by atoms with Crippen molar-refractivity contribution < 1.29 is 14.4 Å². The number of carbonyl (C=O) groups excluding carboxylic acids is 3. The first-order valence-electron chi connectivity index (χ1n) is 9.57. The maximum absolute atomic E-state index is 12.4. The second-order valence-corrected chi connectivity index (χ2v) is 6.97. The van der Waals surface area contributed by atoms with Crippen molar-refractivity contribution in [3.63, 3.8) is 0 Å². The number of carbonyl (C=O) groups is 3. The Morgan fingerprint density at radius 2 is 1.75 bits per heavy atom. The molecule has 2 aromatic rings. The van der Waals surface area contributed by atoms with E-state index in [4.69, 9.17) is 0 Å². The van der Waals surface area contributed by atoms with E-state index in [-0.39, 0.29) is 17.7 Å². The van der Waals surface area contributed by atoms with Crippen LogP contribution in [0.3, 0.4) is 0 Å². The van der Waals surface area contributed by atoms with Crippen LogP contribution in [0, 0.1) is 0 Å². The number of anilines is 2. The van der Waals surface area contributed by atoms with Crippen molar-refractivity contribution in [2.45, 2.75) is 38.6 Å². The molecule has 2 aromatic carbocycles. The number of benzene rings is 2. The molecule has 2 N–H and O–H groups in total. The average molecular weight is 379 g/mol. The van der Waals surface area contributed by atoms with Crippen LogP contribution in [-0.4, -0.2) is 35.2 Å². The molecule has 1 aliphatic rings. The molecule has 1 saturated heterocycles. The molecular weight excluding hydrogens is 354 g/mol. The van der Waals surface area contributed by atoms with Gasteiger partial charge in [0.2, 0.25) is 17.7 Å². The van der Waals surface area contributed by atoms with Crippen LogP contribution < -0.4 is 10.6 Å². The summed E-state index contributed by atoms with van der Waals surface area (Å²) in [6.45, 7) is 2.35. The van der Waals surface area contributed by atoms with Gasteiger partial charge in [-0.2, -0.15) is 0 Å². The molecule has 6 nitrogen and oxygen atoms in total. The molecule has 1 unspecified atom stereocenters. The number of likely N-dealkylation sites (tertiary alicyclic amines) is 1. The van der Waals surface area contributed by atoms with Gasteiger partial charge in [-0.1, -0.05) is 36.4 Å². The predicted octanol–water partition coefficient (Wildman–Crippen LogP) is 3.21. The molecule has 0 bridgehead atoms. The predicted molar refractivity (Wildman–Crippen MR) is 109 cm³/mol. The molecule has 0 saturated carbocycles. The Morgan fingerprint density at radius 1 is 1.04 bits per heavy atom. The Balaban J connectivity index is 1.53. The van der Waals surface area contributed by atoms with Gasteiger partial charge in [0.05, 0.1) is 0 Å². The number of rotatable bonds is 7. The van der Waals surface area contributed by atoms with Gasteiger partial charge in [-0.15, -0.1) is 0 Å². The summed E-state index contributed by atoms with van der Waals surface area (Å²) in [6.07, 6.45) is 2.35. The fourth-order valence-corrected chi connectivity index (χ4v) is 3.27. The topological polar surface area (TPSA) is 78.5 Å². The monoisotopic (exact) mass is 379 g/mol. The highest BCUT2D eigenvalue weighted by molar-refractivity contribution is 5.98. The first-order chi connectivity index (χ1) is 13.5. The molecule has 3 amide bonds. The summed E-state index contributed by atoms with van der Waals surface area (Å²) >= 11 is 0. The van der Waals surface area contributed by atoms with E-state index in [9.17, 15) is 14.4 Å². The van der Waals surface area contributed by atoms with Crippen LogP contribution in [0.1, 0.15) is 31.7 Å². The van der Waals surface area contributed by atoms with Crippen molar-refractivity contribution in [3.05, 3.63) is 60.2 Å². The first kappa shape index (κ1) is 19.6. The molecular formula is C22H25N3O3. The summed E-state index contributed by atoms with van der Waals surface area (Å²) in [4.78, 5) is 38.1. The summed E-state index contributed by atoms with van der Waals surface area (Å²) < 4.78 is 0. The maximum Gasteiger partial charge on any atom is 0.246 e. The van der Waals surface area contributed by atoms with E-state index in [0.29, 0.717) is 37.2 Å². The third-order valence-corrected chi connectivity index (χ3v) is 4.85. The van der Waals surface area contributed by atoms with Gasteiger partial charge in [-0.05, 0) is 43.5 Å². The molecule has 0 aliphatic carbocycles. The lowest BCUT2D eigenvalue weighted by Gasteiger charge is -2.23. The maximum atomic E-state index is 12.4. The molecule has 3 rings (SSSR count). The molecule has 0 aromatic heterocycles. The Morgan fingerprint density at radius 3 is 2.43 bits per heavy atom. The Hall–Kier alpha value is -3.15. The normalized spacial score (nSPS) is 14.6. The third-order valence-electron chi connectivity index (χ3n) is 4.85. The van der Waals surface area contributed by atoms with Gasteiger partial charge in [0.25, 0.3) is 0 Å². The second-order valence-electron chi connectivity index (χ2n) is 6.97. The van der Waals surface area contributed by atoms with E-state index in [1.807, 2.05) is 30.3 Å². The fraction of sp³-hybridized carbons (Fsp3) is 0.318. The van der Waals surface area contributed by atoms with E-state index in [1.54, 1.807) is 36.1 Å². The van der Waals surface area contributed by atoms with Crippen molar-refractivity contribution in [1.29, 1.82) is 0 Å². The van der Waals surface area contributed by atoms with E-state index in [0.717, 1.165) is 12.0 Å². The summed E-state index contributed by atoms with van der Waals surface area (Å²) in [5, 5.41) is 5.69. The van der Waals surface area contributed by atoms with Gasteiger partial charge in [-0.25, -0.2) is 0 Å². The minimum atomic E-state index is -0.515. The lowest BCUT2D eigenvalue weighted by Crippen LogP contribution is -2.42. The van der Waals surface area contributed by atoms with Crippen LogP contribution in [0.4, 0.5) is 11.4 Å². The van der Waals surface area contributed by atoms with Gasteiger partial charge >= 0.3 is 0 Å². The van der Waals surface area contributed by atoms with E-state index in [1.165, 1.54) is 0 Å². The highest BCUT2D eigenvalue weighted by atomic mass is 16.2. The Bertz CT molecular complexity index is 851. The number of hydrogen-bond acceptors (Lipinski definition) is 3. The zero-order valence-corrected chi connectivity index (χ0v) is 16.0. The molecule has 0 spiro atoms. The SMILES string of the molecule is CC(C(=O)Nc1cccc(NC(=O)CCc2ccccc2)c1)N1CCCC1=O.